The SMILES string of the molecule is CCOC(=O)C1=C(c2ccccc2)N=c2s/c(=C/c3ccc(OC)c(Br)c3)c(=O)n2[C@@H]1c1ccc(Cl)cc1. The average molecular weight is 610 g/mol. The van der Waals surface area contributed by atoms with Crippen LogP contribution in [0, 0.1) is 0 Å². The minimum Gasteiger partial charge on any atom is -0.496 e. The number of carbonyl (C=O) groups excluding carboxylic acids is 1. The van der Waals surface area contributed by atoms with Gasteiger partial charge in [-0.1, -0.05) is 71.5 Å². The summed E-state index contributed by atoms with van der Waals surface area (Å²) >= 11 is 10.9. The van der Waals surface area contributed by atoms with Crippen LogP contribution in [-0.2, 0) is 9.53 Å². The van der Waals surface area contributed by atoms with E-state index in [1.807, 2.05) is 66.7 Å². The van der Waals surface area contributed by atoms with E-state index < -0.39 is 12.0 Å². The van der Waals surface area contributed by atoms with Crippen LogP contribution in [0.4, 0.5) is 0 Å². The standard InChI is InChI=1S/C29H22BrClN2O4S/c1-3-37-28(35)24-25(18-7-5-4-6-8-18)32-29-33(26(24)19-10-12-20(31)13-11-19)27(34)23(38-29)16-17-9-14-22(36-2)21(30)15-17/h4-16,26H,3H2,1-2H3/b23-16+/t26-/m1/s1. The van der Waals surface area contributed by atoms with Gasteiger partial charge in [0.15, 0.2) is 4.80 Å². The summed E-state index contributed by atoms with van der Waals surface area (Å²) in [6, 6.07) is 21.4. The molecule has 3 aromatic carbocycles. The van der Waals surface area contributed by atoms with Crippen molar-refractivity contribution in [1.29, 1.82) is 0 Å². The summed E-state index contributed by atoms with van der Waals surface area (Å²) in [4.78, 5) is 32.7. The summed E-state index contributed by atoms with van der Waals surface area (Å²) in [7, 11) is 1.60. The molecule has 0 fully saturated rings. The predicted molar refractivity (Wildman–Crippen MR) is 153 cm³/mol. The van der Waals surface area contributed by atoms with Crippen LogP contribution in [0.3, 0.4) is 0 Å². The van der Waals surface area contributed by atoms with Gasteiger partial charge in [0.1, 0.15) is 5.75 Å². The Morgan fingerprint density at radius 2 is 1.87 bits per heavy atom. The zero-order valence-corrected chi connectivity index (χ0v) is 23.6. The Morgan fingerprint density at radius 3 is 2.53 bits per heavy atom. The summed E-state index contributed by atoms with van der Waals surface area (Å²) in [6.45, 7) is 1.94. The number of carbonyl (C=O) groups is 1. The Balaban J connectivity index is 1.80. The molecule has 9 heteroatoms. The number of thiazole rings is 1. The van der Waals surface area contributed by atoms with Crippen LogP contribution >= 0.6 is 38.9 Å². The summed E-state index contributed by atoms with van der Waals surface area (Å²) in [5, 5.41) is 0.552. The van der Waals surface area contributed by atoms with E-state index in [2.05, 4.69) is 15.9 Å². The van der Waals surface area contributed by atoms with Crippen LogP contribution in [0.2, 0.25) is 5.02 Å². The van der Waals surface area contributed by atoms with Crippen molar-refractivity contribution < 1.29 is 14.3 Å². The lowest BCUT2D eigenvalue weighted by Crippen LogP contribution is -2.40. The molecule has 0 aliphatic carbocycles. The van der Waals surface area contributed by atoms with Crippen molar-refractivity contribution in [2.75, 3.05) is 13.7 Å². The van der Waals surface area contributed by atoms with E-state index in [0.717, 1.165) is 21.2 Å². The summed E-state index contributed by atoms with van der Waals surface area (Å²) in [6.07, 6.45) is 1.81. The van der Waals surface area contributed by atoms with Gasteiger partial charge in [0.2, 0.25) is 0 Å². The maximum atomic E-state index is 13.9. The van der Waals surface area contributed by atoms with Crippen LogP contribution in [-0.4, -0.2) is 24.3 Å². The van der Waals surface area contributed by atoms with Gasteiger partial charge >= 0.3 is 5.97 Å². The van der Waals surface area contributed by atoms with Crippen molar-refractivity contribution in [1.82, 2.24) is 4.57 Å². The minimum atomic E-state index is -0.748. The van der Waals surface area contributed by atoms with Crippen LogP contribution < -0.4 is 19.6 Å². The molecule has 0 radical (unpaired) electrons. The lowest BCUT2D eigenvalue weighted by atomic mass is 9.93. The molecule has 0 saturated heterocycles. The summed E-state index contributed by atoms with van der Waals surface area (Å²) in [5.41, 5.74) is 2.82. The van der Waals surface area contributed by atoms with Gasteiger partial charge < -0.3 is 9.47 Å². The highest BCUT2D eigenvalue weighted by atomic mass is 79.9. The Labute approximate surface area is 236 Å². The first-order valence-electron chi connectivity index (χ1n) is 11.8. The third-order valence-electron chi connectivity index (χ3n) is 6.03. The third-order valence-corrected chi connectivity index (χ3v) is 7.89. The molecule has 0 saturated carbocycles. The van der Waals surface area contributed by atoms with Crippen molar-refractivity contribution in [2.24, 2.45) is 4.99 Å². The Kier molecular flexibility index (Phi) is 7.65. The van der Waals surface area contributed by atoms with Gasteiger partial charge in [0, 0.05) is 10.6 Å². The number of hydrogen-bond acceptors (Lipinski definition) is 6. The van der Waals surface area contributed by atoms with Crippen LogP contribution in [0.1, 0.15) is 29.7 Å². The van der Waals surface area contributed by atoms with Crippen LogP contribution in [0.15, 0.2) is 92.6 Å². The van der Waals surface area contributed by atoms with Gasteiger partial charge in [-0.3, -0.25) is 9.36 Å². The van der Waals surface area contributed by atoms with Gasteiger partial charge in [0.25, 0.3) is 5.56 Å². The normalized spacial score (nSPS) is 15.2. The lowest BCUT2D eigenvalue weighted by Gasteiger charge is -2.25. The van der Waals surface area contributed by atoms with Crippen LogP contribution in [0.5, 0.6) is 5.75 Å². The molecule has 6 nitrogen and oxygen atoms in total. The molecule has 38 heavy (non-hydrogen) atoms. The molecule has 1 aromatic heterocycles. The quantitative estimate of drug-likeness (QED) is 0.276. The molecular weight excluding hydrogens is 588 g/mol. The third kappa shape index (κ3) is 4.99. The number of hydrogen-bond donors (Lipinski definition) is 0. The monoisotopic (exact) mass is 608 g/mol. The summed E-state index contributed by atoms with van der Waals surface area (Å²) in [5.74, 6) is 0.168. The number of benzene rings is 3. The van der Waals surface area contributed by atoms with Gasteiger partial charge in [-0.2, -0.15) is 0 Å². The summed E-state index contributed by atoms with van der Waals surface area (Å²) < 4.78 is 13.6. The zero-order chi connectivity index (χ0) is 26.8. The highest BCUT2D eigenvalue weighted by Crippen LogP contribution is 2.35. The second-order valence-electron chi connectivity index (χ2n) is 8.38. The van der Waals surface area contributed by atoms with Gasteiger partial charge in [-0.25, -0.2) is 9.79 Å². The molecule has 0 spiro atoms. The fraction of sp³-hybridized carbons (Fsp3) is 0.138. The highest BCUT2D eigenvalue weighted by Gasteiger charge is 2.35. The second-order valence-corrected chi connectivity index (χ2v) is 10.7. The maximum Gasteiger partial charge on any atom is 0.338 e. The first-order chi connectivity index (χ1) is 18.4. The topological polar surface area (TPSA) is 69.9 Å². The van der Waals surface area contributed by atoms with Crippen LogP contribution in [0.25, 0.3) is 11.8 Å². The van der Waals surface area contributed by atoms with E-state index in [9.17, 15) is 9.59 Å². The molecule has 1 atom stereocenters. The number of rotatable bonds is 6. The van der Waals surface area contributed by atoms with E-state index in [4.69, 9.17) is 26.1 Å². The smallest absolute Gasteiger partial charge is 0.338 e. The molecule has 0 amide bonds. The fourth-order valence-electron chi connectivity index (χ4n) is 4.32. The maximum absolute atomic E-state index is 13.9. The van der Waals surface area contributed by atoms with Crippen molar-refractivity contribution >= 4 is 56.6 Å². The Hall–Kier alpha value is -3.46. The number of halogens is 2. The number of aromatic nitrogens is 1. The fourth-order valence-corrected chi connectivity index (χ4v) is 6.01. The average Bonchev–Trinajstić information content (AvgIpc) is 3.23. The van der Waals surface area contributed by atoms with Gasteiger partial charge in [-0.15, -0.1) is 0 Å². The van der Waals surface area contributed by atoms with Gasteiger partial charge in [0.05, 0.1) is 40.0 Å². The lowest BCUT2D eigenvalue weighted by molar-refractivity contribution is -0.138. The predicted octanol–water partition coefficient (Wildman–Crippen LogP) is 5.36. The number of methoxy groups -OCH3 is 1. The van der Waals surface area contributed by atoms with E-state index in [0.29, 0.717) is 31.4 Å². The Morgan fingerprint density at radius 1 is 1.13 bits per heavy atom. The minimum absolute atomic E-state index is 0.189. The molecule has 4 aromatic rings. The number of esters is 1. The van der Waals surface area contributed by atoms with E-state index in [1.54, 1.807) is 30.7 Å². The highest BCUT2D eigenvalue weighted by molar-refractivity contribution is 9.10. The first kappa shape index (κ1) is 26.2. The Bertz CT molecular complexity index is 1730. The molecule has 5 rings (SSSR count). The van der Waals surface area contributed by atoms with Gasteiger partial charge in [-0.05, 0) is 64.3 Å². The largest absolute Gasteiger partial charge is 0.496 e. The second kappa shape index (κ2) is 11.1. The molecule has 0 bridgehead atoms. The molecular formula is C29H22BrClN2O4S. The van der Waals surface area contributed by atoms with Crippen molar-refractivity contribution in [3.05, 3.63) is 124 Å². The zero-order valence-electron chi connectivity index (χ0n) is 20.5. The van der Waals surface area contributed by atoms with E-state index in [-0.39, 0.29) is 12.2 Å². The number of nitrogens with zero attached hydrogens (tertiary/aromatic N) is 2. The van der Waals surface area contributed by atoms with Crippen molar-refractivity contribution in [2.45, 2.75) is 13.0 Å². The first-order valence-corrected chi connectivity index (χ1v) is 13.8. The molecule has 0 unspecified atom stereocenters. The molecule has 2 heterocycles. The number of ether oxygens (including phenoxy) is 2. The van der Waals surface area contributed by atoms with E-state index in [1.165, 1.54) is 11.3 Å². The van der Waals surface area contributed by atoms with E-state index >= 15 is 0 Å². The number of fused-ring (bicyclic) bond motifs is 1. The van der Waals surface area contributed by atoms with Crippen molar-refractivity contribution in [3.63, 3.8) is 0 Å². The van der Waals surface area contributed by atoms with Crippen molar-refractivity contribution in [3.8, 4) is 5.75 Å². The molecule has 1 aliphatic rings. The molecule has 0 N–H and O–H groups in total. The molecule has 192 valence electrons. The molecule has 1 aliphatic heterocycles.